The molecule has 1 fully saturated rings. The van der Waals surface area contributed by atoms with E-state index in [0.717, 1.165) is 24.4 Å². The minimum Gasteiger partial charge on any atom is -0.462 e. The van der Waals surface area contributed by atoms with Crippen LogP contribution in [-0.2, 0) is 0 Å². The van der Waals surface area contributed by atoms with Crippen LogP contribution in [0.4, 0.5) is 0 Å². The maximum Gasteiger partial charge on any atom is 0.265 e. The van der Waals surface area contributed by atoms with E-state index in [-0.39, 0.29) is 11.9 Å². The number of rotatable bonds is 2. The van der Waals surface area contributed by atoms with Crippen LogP contribution in [0, 0.1) is 0 Å². The SMILES string of the molecule is NC1CCCN(C(=O)c2cnc(-c3ccco3)s2)C1. The average molecular weight is 277 g/mol. The third kappa shape index (κ3) is 2.54. The lowest BCUT2D eigenvalue weighted by atomic mass is 10.1. The summed E-state index contributed by atoms with van der Waals surface area (Å²) in [6, 6.07) is 3.74. The molecule has 100 valence electrons. The Morgan fingerprint density at radius 3 is 3.21 bits per heavy atom. The first-order valence-corrected chi connectivity index (χ1v) is 7.10. The molecule has 1 aliphatic heterocycles. The van der Waals surface area contributed by atoms with Crippen LogP contribution < -0.4 is 5.73 Å². The lowest BCUT2D eigenvalue weighted by Gasteiger charge is -2.30. The molecule has 0 aliphatic carbocycles. The number of nitrogens with two attached hydrogens (primary N) is 1. The maximum atomic E-state index is 12.3. The van der Waals surface area contributed by atoms with Gasteiger partial charge < -0.3 is 15.1 Å². The fraction of sp³-hybridized carbons (Fsp3) is 0.385. The topological polar surface area (TPSA) is 72.4 Å². The lowest BCUT2D eigenvalue weighted by molar-refractivity contribution is 0.0713. The van der Waals surface area contributed by atoms with Crippen LogP contribution in [0.25, 0.3) is 10.8 Å². The van der Waals surface area contributed by atoms with Crippen molar-refractivity contribution in [2.24, 2.45) is 5.73 Å². The van der Waals surface area contributed by atoms with Crippen LogP contribution in [0.3, 0.4) is 0 Å². The van der Waals surface area contributed by atoms with Crippen molar-refractivity contribution < 1.29 is 9.21 Å². The lowest BCUT2D eigenvalue weighted by Crippen LogP contribution is -2.45. The number of carbonyl (C=O) groups excluding carboxylic acids is 1. The highest BCUT2D eigenvalue weighted by Crippen LogP contribution is 2.26. The van der Waals surface area contributed by atoms with E-state index in [1.807, 2.05) is 17.0 Å². The van der Waals surface area contributed by atoms with Crippen LogP contribution in [0.2, 0.25) is 0 Å². The number of likely N-dealkylation sites (tertiary alicyclic amines) is 1. The Morgan fingerprint density at radius 2 is 2.47 bits per heavy atom. The molecule has 1 aliphatic rings. The van der Waals surface area contributed by atoms with Crippen molar-refractivity contribution in [3.8, 4) is 10.8 Å². The van der Waals surface area contributed by atoms with Gasteiger partial charge in [-0.1, -0.05) is 0 Å². The molecule has 1 amide bonds. The van der Waals surface area contributed by atoms with E-state index in [9.17, 15) is 4.79 Å². The van der Waals surface area contributed by atoms with E-state index in [1.54, 1.807) is 12.5 Å². The predicted octanol–water partition coefficient (Wildman–Crippen LogP) is 1.97. The van der Waals surface area contributed by atoms with E-state index in [4.69, 9.17) is 10.2 Å². The molecule has 0 bridgehead atoms. The zero-order chi connectivity index (χ0) is 13.2. The van der Waals surface area contributed by atoms with E-state index in [2.05, 4.69) is 4.98 Å². The van der Waals surface area contributed by atoms with Crippen molar-refractivity contribution in [2.45, 2.75) is 18.9 Å². The Labute approximate surface area is 115 Å². The van der Waals surface area contributed by atoms with Crippen molar-refractivity contribution in [3.05, 3.63) is 29.5 Å². The Hall–Kier alpha value is -1.66. The molecule has 0 saturated carbocycles. The van der Waals surface area contributed by atoms with Gasteiger partial charge in [-0.3, -0.25) is 4.79 Å². The summed E-state index contributed by atoms with van der Waals surface area (Å²) < 4.78 is 5.28. The summed E-state index contributed by atoms with van der Waals surface area (Å²) in [7, 11) is 0. The Morgan fingerprint density at radius 1 is 1.58 bits per heavy atom. The number of aromatic nitrogens is 1. The molecule has 0 spiro atoms. The van der Waals surface area contributed by atoms with Crippen LogP contribution in [0.5, 0.6) is 0 Å². The number of furan rings is 1. The molecule has 3 heterocycles. The fourth-order valence-corrected chi connectivity index (χ4v) is 3.09. The molecule has 1 saturated heterocycles. The van der Waals surface area contributed by atoms with E-state index < -0.39 is 0 Å². The third-order valence-corrected chi connectivity index (χ3v) is 4.19. The van der Waals surface area contributed by atoms with Crippen molar-refractivity contribution in [2.75, 3.05) is 13.1 Å². The summed E-state index contributed by atoms with van der Waals surface area (Å²) in [4.78, 5) is 19.0. The number of hydrogen-bond acceptors (Lipinski definition) is 5. The second kappa shape index (κ2) is 5.14. The van der Waals surface area contributed by atoms with Crippen molar-refractivity contribution >= 4 is 17.2 Å². The van der Waals surface area contributed by atoms with Crippen molar-refractivity contribution in [1.82, 2.24) is 9.88 Å². The van der Waals surface area contributed by atoms with Gasteiger partial charge in [-0.15, -0.1) is 11.3 Å². The minimum absolute atomic E-state index is 0.0189. The maximum absolute atomic E-state index is 12.3. The van der Waals surface area contributed by atoms with E-state index >= 15 is 0 Å². The van der Waals surface area contributed by atoms with Crippen LogP contribution in [0.1, 0.15) is 22.5 Å². The van der Waals surface area contributed by atoms with Gasteiger partial charge in [-0.25, -0.2) is 4.98 Å². The Balaban J connectivity index is 1.77. The quantitative estimate of drug-likeness (QED) is 0.911. The van der Waals surface area contributed by atoms with Crippen LogP contribution in [0.15, 0.2) is 29.0 Å². The first-order valence-electron chi connectivity index (χ1n) is 6.28. The van der Waals surface area contributed by atoms with Crippen molar-refractivity contribution in [3.63, 3.8) is 0 Å². The fourth-order valence-electron chi connectivity index (χ4n) is 2.24. The molecule has 0 aromatic carbocycles. The molecule has 2 N–H and O–H groups in total. The van der Waals surface area contributed by atoms with Gasteiger partial charge in [0.1, 0.15) is 4.88 Å². The molecule has 3 rings (SSSR count). The second-order valence-corrected chi connectivity index (χ2v) is 5.69. The number of carbonyl (C=O) groups is 1. The molecule has 5 nitrogen and oxygen atoms in total. The number of amides is 1. The highest BCUT2D eigenvalue weighted by molar-refractivity contribution is 7.16. The summed E-state index contributed by atoms with van der Waals surface area (Å²) in [5.41, 5.74) is 5.90. The smallest absolute Gasteiger partial charge is 0.265 e. The molecule has 2 aromatic rings. The predicted molar refractivity (Wildman–Crippen MR) is 72.9 cm³/mol. The van der Waals surface area contributed by atoms with Gasteiger partial charge in [0.05, 0.1) is 12.5 Å². The van der Waals surface area contributed by atoms with Gasteiger partial charge >= 0.3 is 0 Å². The minimum atomic E-state index is 0.0189. The number of piperidine rings is 1. The summed E-state index contributed by atoms with van der Waals surface area (Å²) in [5.74, 6) is 0.713. The van der Waals surface area contributed by atoms with Gasteiger partial charge in [0.15, 0.2) is 10.8 Å². The van der Waals surface area contributed by atoms with Crippen LogP contribution in [-0.4, -0.2) is 34.9 Å². The summed E-state index contributed by atoms with van der Waals surface area (Å²) in [5, 5.41) is 0.731. The first-order chi connectivity index (χ1) is 9.24. The van der Waals surface area contributed by atoms with Gasteiger partial charge in [0.2, 0.25) is 0 Å². The standard InChI is InChI=1S/C13H15N3O2S/c14-9-3-1-5-16(8-9)13(17)11-7-15-12(19-11)10-4-2-6-18-10/h2,4,6-7,9H,1,3,5,8,14H2. The molecule has 6 heteroatoms. The Bertz CT molecular complexity index is 564. The highest BCUT2D eigenvalue weighted by Gasteiger charge is 2.24. The molecular formula is C13H15N3O2S. The average Bonchev–Trinajstić information content (AvgIpc) is 3.08. The highest BCUT2D eigenvalue weighted by atomic mass is 32.1. The Kier molecular flexibility index (Phi) is 3.35. The monoisotopic (exact) mass is 277 g/mol. The van der Waals surface area contributed by atoms with Gasteiger partial charge in [-0.2, -0.15) is 0 Å². The number of nitrogens with zero attached hydrogens (tertiary/aromatic N) is 2. The zero-order valence-corrected chi connectivity index (χ0v) is 11.2. The molecule has 2 aromatic heterocycles. The molecule has 1 atom stereocenters. The molecule has 1 unspecified atom stereocenters. The second-order valence-electron chi connectivity index (χ2n) is 4.66. The third-order valence-electron chi connectivity index (χ3n) is 3.19. The van der Waals surface area contributed by atoms with E-state index in [0.29, 0.717) is 17.2 Å². The van der Waals surface area contributed by atoms with Gasteiger partial charge in [-0.05, 0) is 25.0 Å². The number of hydrogen-bond donors (Lipinski definition) is 1. The van der Waals surface area contributed by atoms with Gasteiger partial charge in [0, 0.05) is 19.1 Å². The van der Waals surface area contributed by atoms with E-state index in [1.165, 1.54) is 11.3 Å². The van der Waals surface area contributed by atoms with Crippen molar-refractivity contribution in [1.29, 1.82) is 0 Å². The number of thiazole rings is 1. The summed E-state index contributed by atoms with van der Waals surface area (Å²) >= 11 is 1.36. The van der Waals surface area contributed by atoms with Crippen LogP contribution >= 0.6 is 11.3 Å². The summed E-state index contributed by atoms with van der Waals surface area (Å²) in [6.07, 6.45) is 5.17. The zero-order valence-electron chi connectivity index (χ0n) is 10.4. The largest absolute Gasteiger partial charge is 0.462 e. The molecule has 19 heavy (non-hydrogen) atoms. The van der Waals surface area contributed by atoms with Gasteiger partial charge in [0.25, 0.3) is 5.91 Å². The molecular weight excluding hydrogens is 262 g/mol. The summed E-state index contributed by atoms with van der Waals surface area (Å²) in [6.45, 7) is 1.41. The normalized spacial score (nSPS) is 19.6. The first kappa shape index (κ1) is 12.4. The molecule has 0 radical (unpaired) electrons.